The van der Waals surface area contributed by atoms with Gasteiger partial charge >= 0.3 is 0 Å². The van der Waals surface area contributed by atoms with E-state index < -0.39 is 10.0 Å². The van der Waals surface area contributed by atoms with Crippen LogP contribution in [0.4, 0.5) is 4.39 Å². The van der Waals surface area contributed by atoms with Gasteiger partial charge in [-0.3, -0.25) is 0 Å². The van der Waals surface area contributed by atoms with Crippen LogP contribution in [-0.4, -0.2) is 13.4 Å². The summed E-state index contributed by atoms with van der Waals surface area (Å²) >= 11 is 1.49. The molecule has 0 bridgehead atoms. The second kappa shape index (κ2) is 5.84. The lowest BCUT2D eigenvalue weighted by Gasteiger charge is -2.04. The van der Waals surface area contributed by atoms with Crippen LogP contribution in [0.1, 0.15) is 5.01 Å². The molecule has 23 heavy (non-hydrogen) atoms. The largest absolute Gasteiger partial charge is 0.241 e. The fourth-order valence-corrected chi connectivity index (χ4v) is 3.68. The van der Waals surface area contributed by atoms with Crippen molar-refractivity contribution in [1.82, 2.24) is 4.98 Å². The molecule has 0 aliphatic carbocycles. The van der Waals surface area contributed by atoms with Crippen molar-refractivity contribution in [3.8, 4) is 21.7 Å². The Kier molecular flexibility index (Phi) is 4.01. The Hall–Kier alpha value is -2.09. The van der Waals surface area contributed by atoms with Crippen LogP contribution in [0, 0.1) is 12.7 Å². The van der Waals surface area contributed by atoms with Crippen LogP contribution in [0.3, 0.4) is 0 Å². The first-order chi connectivity index (χ1) is 10.8. The van der Waals surface area contributed by atoms with Crippen LogP contribution in [0.15, 0.2) is 53.4 Å². The number of halogens is 1. The summed E-state index contributed by atoms with van der Waals surface area (Å²) in [4.78, 5) is 5.47. The average Bonchev–Trinajstić information content (AvgIpc) is 2.89. The number of thiazole rings is 1. The van der Waals surface area contributed by atoms with Crippen molar-refractivity contribution < 1.29 is 12.8 Å². The lowest BCUT2D eigenvalue weighted by Crippen LogP contribution is -2.11. The molecule has 0 atom stereocenters. The first kappa shape index (κ1) is 15.8. The molecule has 0 radical (unpaired) electrons. The SMILES string of the molecule is Cc1nc(-c2ccc(F)cc2)c(-c2ccc(S(N)(=O)=O)cc2)s1. The number of aromatic nitrogens is 1. The Bertz CT molecular complexity index is 947. The zero-order chi connectivity index (χ0) is 16.6. The van der Waals surface area contributed by atoms with Crippen molar-refractivity contribution in [2.75, 3.05) is 0 Å². The Balaban J connectivity index is 2.09. The number of hydrogen-bond acceptors (Lipinski definition) is 4. The summed E-state index contributed by atoms with van der Waals surface area (Å²) in [5.41, 5.74) is 2.39. The third kappa shape index (κ3) is 3.31. The topological polar surface area (TPSA) is 73.0 Å². The molecule has 0 amide bonds. The molecule has 0 spiro atoms. The molecule has 3 aromatic rings. The Morgan fingerprint density at radius 1 is 1.00 bits per heavy atom. The van der Waals surface area contributed by atoms with E-state index in [2.05, 4.69) is 4.98 Å². The predicted molar refractivity (Wildman–Crippen MR) is 89.1 cm³/mol. The van der Waals surface area contributed by atoms with E-state index >= 15 is 0 Å². The van der Waals surface area contributed by atoms with Crippen LogP contribution in [0.5, 0.6) is 0 Å². The molecule has 1 aromatic heterocycles. The van der Waals surface area contributed by atoms with E-state index in [9.17, 15) is 12.8 Å². The van der Waals surface area contributed by atoms with Gasteiger partial charge in [0.05, 0.1) is 20.5 Å². The molecule has 3 rings (SSSR count). The van der Waals surface area contributed by atoms with Crippen LogP contribution in [-0.2, 0) is 10.0 Å². The molecule has 7 heteroatoms. The van der Waals surface area contributed by atoms with Gasteiger partial charge in [-0.25, -0.2) is 22.9 Å². The fourth-order valence-electron chi connectivity index (χ4n) is 2.22. The molecule has 0 saturated carbocycles. The molecule has 4 nitrogen and oxygen atoms in total. The number of benzene rings is 2. The first-order valence-corrected chi connectivity index (χ1v) is 9.07. The number of primary sulfonamides is 1. The molecule has 0 saturated heterocycles. The molecule has 1 heterocycles. The van der Waals surface area contributed by atoms with Gasteiger partial charge in [0.25, 0.3) is 0 Å². The van der Waals surface area contributed by atoms with Crippen molar-refractivity contribution in [2.24, 2.45) is 5.14 Å². The quantitative estimate of drug-likeness (QED) is 0.786. The zero-order valence-electron chi connectivity index (χ0n) is 12.2. The summed E-state index contributed by atoms with van der Waals surface area (Å²) in [6, 6.07) is 12.4. The van der Waals surface area contributed by atoms with Crippen molar-refractivity contribution in [2.45, 2.75) is 11.8 Å². The average molecular weight is 348 g/mol. The van der Waals surface area contributed by atoms with Gasteiger partial charge in [-0.15, -0.1) is 11.3 Å². The van der Waals surface area contributed by atoms with Gasteiger partial charge in [0.2, 0.25) is 10.0 Å². The van der Waals surface area contributed by atoms with E-state index in [0.717, 1.165) is 26.7 Å². The molecule has 0 unspecified atom stereocenters. The molecule has 0 fully saturated rings. The lowest BCUT2D eigenvalue weighted by molar-refractivity contribution is 0.598. The summed E-state index contributed by atoms with van der Waals surface area (Å²) in [5, 5.41) is 5.98. The lowest BCUT2D eigenvalue weighted by atomic mass is 10.1. The molecule has 118 valence electrons. The first-order valence-electron chi connectivity index (χ1n) is 6.71. The van der Waals surface area contributed by atoms with Crippen molar-refractivity contribution in [1.29, 1.82) is 0 Å². The van der Waals surface area contributed by atoms with E-state index in [4.69, 9.17) is 5.14 Å². The van der Waals surface area contributed by atoms with Crippen molar-refractivity contribution in [3.63, 3.8) is 0 Å². The maximum Gasteiger partial charge on any atom is 0.238 e. The summed E-state index contributed by atoms with van der Waals surface area (Å²) in [6.45, 7) is 1.89. The Labute approximate surface area is 137 Å². The Morgan fingerprint density at radius 2 is 1.57 bits per heavy atom. The predicted octanol–water partition coefficient (Wildman–Crippen LogP) is 3.57. The van der Waals surface area contributed by atoms with Gasteiger partial charge < -0.3 is 0 Å². The molecule has 2 aromatic carbocycles. The number of aryl methyl sites for hydroxylation is 1. The number of nitrogens with zero attached hydrogens (tertiary/aromatic N) is 1. The van der Waals surface area contributed by atoms with Gasteiger partial charge in [-0.05, 0) is 48.9 Å². The number of rotatable bonds is 3. The van der Waals surface area contributed by atoms with Gasteiger partial charge in [-0.1, -0.05) is 12.1 Å². The minimum absolute atomic E-state index is 0.0609. The zero-order valence-corrected chi connectivity index (χ0v) is 13.8. The molecular weight excluding hydrogens is 335 g/mol. The monoisotopic (exact) mass is 348 g/mol. The van der Waals surface area contributed by atoms with Crippen molar-refractivity contribution >= 4 is 21.4 Å². The maximum atomic E-state index is 13.1. The maximum absolute atomic E-state index is 13.1. The standard InChI is InChI=1S/C16H13FN2O2S2/c1-10-19-15(11-2-6-13(17)7-3-11)16(22-10)12-4-8-14(9-5-12)23(18,20)21/h2-9H,1H3,(H2,18,20,21). The smallest absolute Gasteiger partial charge is 0.238 e. The second-order valence-corrected chi connectivity index (χ2v) is 7.75. The Morgan fingerprint density at radius 3 is 2.13 bits per heavy atom. The van der Waals surface area contributed by atoms with Crippen molar-refractivity contribution in [3.05, 3.63) is 59.4 Å². The highest BCUT2D eigenvalue weighted by molar-refractivity contribution is 7.89. The van der Waals surface area contributed by atoms with E-state index in [0.29, 0.717) is 0 Å². The molecule has 0 aliphatic heterocycles. The minimum atomic E-state index is -3.72. The molecular formula is C16H13FN2O2S2. The molecule has 0 aliphatic rings. The van der Waals surface area contributed by atoms with E-state index in [1.54, 1.807) is 24.3 Å². The number of nitrogens with two attached hydrogens (primary N) is 1. The van der Waals surface area contributed by atoms with Crippen LogP contribution in [0.25, 0.3) is 21.7 Å². The van der Waals surface area contributed by atoms with Crippen LogP contribution >= 0.6 is 11.3 Å². The molecule has 2 N–H and O–H groups in total. The van der Waals surface area contributed by atoms with Gasteiger partial charge in [-0.2, -0.15) is 0 Å². The normalized spacial score (nSPS) is 11.6. The fraction of sp³-hybridized carbons (Fsp3) is 0.0625. The van der Waals surface area contributed by atoms with E-state index in [1.807, 2.05) is 6.92 Å². The highest BCUT2D eigenvalue weighted by atomic mass is 32.2. The van der Waals surface area contributed by atoms with Crippen LogP contribution < -0.4 is 5.14 Å². The minimum Gasteiger partial charge on any atom is -0.241 e. The number of sulfonamides is 1. The highest BCUT2D eigenvalue weighted by Crippen LogP contribution is 2.36. The van der Waals surface area contributed by atoms with Crippen LogP contribution in [0.2, 0.25) is 0 Å². The third-order valence-electron chi connectivity index (χ3n) is 3.30. The van der Waals surface area contributed by atoms with Gasteiger partial charge in [0.1, 0.15) is 5.82 Å². The summed E-state index contributed by atoms with van der Waals surface area (Å²) in [7, 11) is -3.72. The number of hydrogen-bond donors (Lipinski definition) is 1. The second-order valence-electron chi connectivity index (χ2n) is 4.99. The summed E-state index contributed by atoms with van der Waals surface area (Å²) in [6.07, 6.45) is 0. The van der Waals surface area contributed by atoms with Gasteiger partial charge in [0.15, 0.2) is 0 Å². The third-order valence-corrected chi connectivity index (χ3v) is 5.25. The van der Waals surface area contributed by atoms with Gasteiger partial charge in [0, 0.05) is 5.56 Å². The summed E-state index contributed by atoms with van der Waals surface area (Å²) in [5.74, 6) is -0.306. The van der Waals surface area contributed by atoms with E-state index in [1.165, 1.54) is 35.6 Å². The highest BCUT2D eigenvalue weighted by Gasteiger charge is 2.14. The van der Waals surface area contributed by atoms with E-state index in [-0.39, 0.29) is 10.7 Å². The summed E-state index contributed by atoms with van der Waals surface area (Å²) < 4.78 is 35.8.